The van der Waals surface area contributed by atoms with Gasteiger partial charge in [-0.15, -0.1) is 0 Å². The van der Waals surface area contributed by atoms with E-state index in [2.05, 4.69) is 5.32 Å². The number of halogens is 3. The third-order valence-electron chi connectivity index (χ3n) is 4.88. The van der Waals surface area contributed by atoms with Crippen LogP contribution in [0.4, 0.5) is 18.9 Å². The Labute approximate surface area is 181 Å². The highest BCUT2D eigenvalue weighted by Crippen LogP contribution is 2.29. The molecule has 168 valence electrons. The number of hydrogen-bond donors (Lipinski definition) is 1. The second kappa shape index (κ2) is 8.74. The molecule has 0 bridgehead atoms. The predicted molar refractivity (Wildman–Crippen MR) is 111 cm³/mol. The molecule has 1 unspecified atom stereocenters. The average Bonchev–Trinajstić information content (AvgIpc) is 2.96. The van der Waals surface area contributed by atoms with E-state index in [1.165, 1.54) is 11.6 Å². The Kier molecular flexibility index (Phi) is 6.24. The lowest BCUT2D eigenvalue weighted by Gasteiger charge is -2.14. The van der Waals surface area contributed by atoms with Gasteiger partial charge in [-0.3, -0.25) is 14.3 Å². The molecular formula is C22H20F3N3O4. The second-order valence-corrected chi connectivity index (χ2v) is 7.05. The van der Waals surface area contributed by atoms with Crippen LogP contribution in [0.1, 0.15) is 28.5 Å². The fraction of sp³-hybridized carbons (Fsp3) is 0.227. The van der Waals surface area contributed by atoms with E-state index in [1.54, 1.807) is 49.0 Å². The standard InChI is InChI=1S/C22H20F3N3O4/c1-13-18(20(30)28(27(13)3)17-10-5-4-6-11-17)26-19(29)14(2)32-21(31)15-8-7-9-16(12-15)22(23,24)25/h4-12,14H,1-3H3,(H,26,29). The van der Waals surface area contributed by atoms with Gasteiger partial charge in [-0.2, -0.15) is 13.2 Å². The van der Waals surface area contributed by atoms with Crippen LogP contribution in [0.15, 0.2) is 59.4 Å². The van der Waals surface area contributed by atoms with Crippen molar-refractivity contribution in [1.29, 1.82) is 0 Å². The van der Waals surface area contributed by atoms with E-state index in [4.69, 9.17) is 4.74 Å². The van der Waals surface area contributed by atoms with Crippen LogP contribution >= 0.6 is 0 Å². The summed E-state index contributed by atoms with van der Waals surface area (Å²) in [6, 6.07) is 12.5. The maximum Gasteiger partial charge on any atom is 0.416 e. The monoisotopic (exact) mass is 447 g/mol. The molecule has 32 heavy (non-hydrogen) atoms. The largest absolute Gasteiger partial charge is 0.449 e. The van der Waals surface area contributed by atoms with Crippen LogP contribution in [0.3, 0.4) is 0 Å². The minimum atomic E-state index is -4.62. The molecule has 0 fully saturated rings. The molecule has 0 radical (unpaired) electrons. The number of rotatable bonds is 5. The lowest BCUT2D eigenvalue weighted by Crippen LogP contribution is -2.32. The van der Waals surface area contributed by atoms with Crippen molar-refractivity contribution in [3.8, 4) is 5.69 Å². The van der Waals surface area contributed by atoms with Gasteiger partial charge in [0.25, 0.3) is 11.5 Å². The van der Waals surface area contributed by atoms with E-state index in [0.717, 1.165) is 18.2 Å². The molecule has 1 heterocycles. The molecule has 0 saturated carbocycles. The highest BCUT2D eigenvalue weighted by Gasteiger charge is 2.31. The molecule has 1 N–H and O–H groups in total. The van der Waals surface area contributed by atoms with Gasteiger partial charge >= 0.3 is 12.1 Å². The third kappa shape index (κ3) is 4.58. The summed E-state index contributed by atoms with van der Waals surface area (Å²) in [5.41, 5.74) is -0.785. The van der Waals surface area contributed by atoms with Crippen molar-refractivity contribution in [2.75, 3.05) is 5.32 Å². The molecule has 3 rings (SSSR count). The number of aromatic nitrogens is 2. The molecule has 10 heteroatoms. The zero-order chi connectivity index (χ0) is 23.6. The number of hydrogen-bond acceptors (Lipinski definition) is 4. The summed E-state index contributed by atoms with van der Waals surface area (Å²) in [5, 5.41) is 2.45. The Hall–Kier alpha value is -3.82. The first kappa shape index (κ1) is 22.9. The van der Waals surface area contributed by atoms with Gasteiger partial charge in [0.1, 0.15) is 5.69 Å². The molecule has 0 aliphatic rings. The maximum absolute atomic E-state index is 12.9. The normalized spacial score (nSPS) is 12.3. The number of anilines is 1. The van der Waals surface area contributed by atoms with Crippen LogP contribution in [0.2, 0.25) is 0 Å². The summed E-state index contributed by atoms with van der Waals surface area (Å²) in [6.07, 6.45) is -5.98. The number of para-hydroxylation sites is 1. The van der Waals surface area contributed by atoms with Crippen molar-refractivity contribution in [2.45, 2.75) is 26.1 Å². The molecule has 1 amide bonds. The van der Waals surface area contributed by atoms with Crippen molar-refractivity contribution in [3.63, 3.8) is 0 Å². The topological polar surface area (TPSA) is 82.3 Å². The summed E-state index contributed by atoms with van der Waals surface area (Å²) in [5.74, 6) is -1.89. The average molecular weight is 447 g/mol. The van der Waals surface area contributed by atoms with E-state index in [9.17, 15) is 27.6 Å². The van der Waals surface area contributed by atoms with Crippen LogP contribution < -0.4 is 10.9 Å². The molecule has 1 aromatic heterocycles. The van der Waals surface area contributed by atoms with Gasteiger partial charge in [-0.25, -0.2) is 9.48 Å². The Morgan fingerprint density at radius 2 is 1.72 bits per heavy atom. The first-order valence-electron chi connectivity index (χ1n) is 9.54. The Balaban J connectivity index is 1.77. The molecule has 1 atom stereocenters. The highest BCUT2D eigenvalue weighted by molar-refractivity contribution is 5.97. The molecule has 0 saturated heterocycles. The zero-order valence-electron chi connectivity index (χ0n) is 17.4. The number of nitrogens with one attached hydrogen (secondary N) is 1. The molecule has 0 spiro atoms. The van der Waals surface area contributed by atoms with Crippen LogP contribution in [0, 0.1) is 6.92 Å². The van der Waals surface area contributed by atoms with E-state index in [1.807, 2.05) is 0 Å². The fourth-order valence-corrected chi connectivity index (χ4v) is 3.04. The van der Waals surface area contributed by atoms with Crippen molar-refractivity contribution >= 4 is 17.6 Å². The lowest BCUT2D eigenvalue weighted by molar-refractivity contribution is -0.137. The summed E-state index contributed by atoms with van der Waals surface area (Å²) in [7, 11) is 1.65. The number of carbonyl (C=O) groups excluding carboxylic acids is 2. The number of amides is 1. The van der Waals surface area contributed by atoms with Crippen LogP contribution in [0.25, 0.3) is 5.69 Å². The summed E-state index contributed by atoms with van der Waals surface area (Å²) in [6.45, 7) is 2.89. The van der Waals surface area contributed by atoms with Gasteiger partial charge in [0.2, 0.25) is 0 Å². The smallest absolute Gasteiger partial charge is 0.416 e. The highest BCUT2D eigenvalue weighted by atomic mass is 19.4. The van der Waals surface area contributed by atoms with Gasteiger partial charge in [-0.05, 0) is 44.2 Å². The summed E-state index contributed by atoms with van der Waals surface area (Å²) in [4.78, 5) is 37.6. The van der Waals surface area contributed by atoms with E-state index in [-0.39, 0.29) is 11.3 Å². The van der Waals surface area contributed by atoms with Crippen molar-refractivity contribution in [2.24, 2.45) is 7.05 Å². The zero-order valence-corrected chi connectivity index (χ0v) is 17.4. The van der Waals surface area contributed by atoms with Crippen molar-refractivity contribution < 1.29 is 27.5 Å². The van der Waals surface area contributed by atoms with Gasteiger partial charge in [0.05, 0.1) is 22.5 Å². The summed E-state index contributed by atoms with van der Waals surface area (Å²) < 4.78 is 46.5. The minimum absolute atomic E-state index is 0.00307. The molecule has 0 aliphatic carbocycles. The number of benzene rings is 2. The molecule has 0 aliphatic heterocycles. The van der Waals surface area contributed by atoms with E-state index < -0.39 is 35.3 Å². The Morgan fingerprint density at radius 3 is 2.34 bits per heavy atom. The fourth-order valence-electron chi connectivity index (χ4n) is 3.04. The van der Waals surface area contributed by atoms with Crippen LogP contribution in [-0.2, 0) is 22.8 Å². The quantitative estimate of drug-likeness (QED) is 0.605. The number of nitrogens with zero attached hydrogens (tertiary/aromatic N) is 2. The SMILES string of the molecule is Cc1c(NC(=O)C(C)OC(=O)c2cccc(C(F)(F)F)c2)c(=O)n(-c2ccccc2)n1C. The predicted octanol–water partition coefficient (Wildman–Crippen LogP) is 3.69. The minimum Gasteiger partial charge on any atom is -0.449 e. The number of esters is 1. The first-order chi connectivity index (χ1) is 15.0. The molecule has 2 aromatic carbocycles. The van der Waals surface area contributed by atoms with Gasteiger partial charge < -0.3 is 10.1 Å². The molecule has 3 aromatic rings. The maximum atomic E-state index is 12.9. The van der Waals surface area contributed by atoms with E-state index >= 15 is 0 Å². The number of carbonyl (C=O) groups is 2. The van der Waals surface area contributed by atoms with Crippen molar-refractivity contribution in [3.05, 3.63) is 81.8 Å². The lowest BCUT2D eigenvalue weighted by atomic mass is 10.1. The second-order valence-electron chi connectivity index (χ2n) is 7.05. The van der Waals surface area contributed by atoms with Crippen LogP contribution in [0.5, 0.6) is 0 Å². The van der Waals surface area contributed by atoms with Crippen LogP contribution in [-0.4, -0.2) is 27.3 Å². The molecule has 7 nitrogen and oxygen atoms in total. The van der Waals surface area contributed by atoms with Gasteiger partial charge in [0.15, 0.2) is 6.10 Å². The summed E-state index contributed by atoms with van der Waals surface area (Å²) >= 11 is 0. The van der Waals surface area contributed by atoms with E-state index in [0.29, 0.717) is 17.4 Å². The number of ether oxygens (including phenoxy) is 1. The van der Waals surface area contributed by atoms with Crippen molar-refractivity contribution in [1.82, 2.24) is 9.36 Å². The van der Waals surface area contributed by atoms with Gasteiger partial charge in [-0.1, -0.05) is 24.3 Å². The molecular weight excluding hydrogens is 427 g/mol. The third-order valence-corrected chi connectivity index (χ3v) is 4.88. The first-order valence-corrected chi connectivity index (χ1v) is 9.54. The van der Waals surface area contributed by atoms with Gasteiger partial charge in [0, 0.05) is 7.05 Å². The Morgan fingerprint density at radius 1 is 1.06 bits per heavy atom. The Bertz CT molecular complexity index is 1210. The number of alkyl halides is 3.